The molecule has 0 N–H and O–H groups in total. The van der Waals surface area contributed by atoms with Crippen LogP contribution in [0.4, 0.5) is 5.69 Å². The number of hydrogen-bond acceptors (Lipinski definition) is 5. The predicted molar refractivity (Wildman–Crippen MR) is 116 cm³/mol. The van der Waals surface area contributed by atoms with E-state index in [0.717, 1.165) is 10.9 Å². The molecular weight excluding hydrogens is 425 g/mol. The van der Waals surface area contributed by atoms with Crippen LogP contribution in [-0.4, -0.2) is 30.0 Å². The molecule has 0 aliphatic carbocycles. The molecule has 1 amide bonds. The van der Waals surface area contributed by atoms with E-state index in [1.54, 1.807) is 48.5 Å². The van der Waals surface area contributed by atoms with Crippen LogP contribution in [0, 0.1) is 18.3 Å². The van der Waals surface area contributed by atoms with E-state index in [1.165, 1.54) is 4.90 Å². The lowest BCUT2D eigenvalue weighted by atomic mass is 10.1. The molecule has 0 aliphatic rings. The molecule has 0 aliphatic heterocycles. The molecule has 0 radical (unpaired) electrons. The van der Waals surface area contributed by atoms with Gasteiger partial charge in [0.15, 0.2) is 6.61 Å². The number of nitriles is 1. The van der Waals surface area contributed by atoms with Crippen LogP contribution in [0.1, 0.15) is 22.3 Å². The first-order valence-corrected chi connectivity index (χ1v) is 9.81. The third kappa shape index (κ3) is 5.07. The molecule has 0 fully saturated rings. The molecule has 0 saturated carbocycles. The average Bonchev–Trinajstić information content (AvgIpc) is 2.74. The van der Waals surface area contributed by atoms with Crippen molar-refractivity contribution >= 4 is 51.7 Å². The van der Waals surface area contributed by atoms with Crippen LogP contribution in [0.15, 0.2) is 48.5 Å². The van der Waals surface area contributed by atoms with E-state index < -0.39 is 18.5 Å². The quantitative estimate of drug-likeness (QED) is 0.398. The van der Waals surface area contributed by atoms with Crippen LogP contribution < -0.4 is 4.90 Å². The first-order chi connectivity index (χ1) is 14.4. The summed E-state index contributed by atoms with van der Waals surface area (Å²) < 4.78 is 5.21. The van der Waals surface area contributed by atoms with E-state index in [2.05, 4.69) is 4.98 Å². The summed E-state index contributed by atoms with van der Waals surface area (Å²) >= 11 is 11.9. The summed E-state index contributed by atoms with van der Waals surface area (Å²) in [4.78, 5) is 30.7. The molecular formula is C22H17Cl2N3O3. The Kier molecular flexibility index (Phi) is 6.88. The number of ether oxygens (including phenoxy) is 1. The van der Waals surface area contributed by atoms with Gasteiger partial charge in [0.2, 0.25) is 0 Å². The molecule has 0 atom stereocenters. The number of esters is 1. The Hall–Kier alpha value is -3.14. The second kappa shape index (κ2) is 9.57. The Morgan fingerprint density at radius 2 is 1.93 bits per heavy atom. The first-order valence-electron chi connectivity index (χ1n) is 9.06. The van der Waals surface area contributed by atoms with Gasteiger partial charge in [-0.05, 0) is 61.0 Å². The second-order valence-electron chi connectivity index (χ2n) is 6.50. The van der Waals surface area contributed by atoms with Gasteiger partial charge in [-0.25, -0.2) is 9.78 Å². The predicted octanol–water partition coefficient (Wildman–Crippen LogP) is 4.95. The van der Waals surface area contributed by atoms with E-state index in [-0.39, 0.29) is 13.0 Å². The molecule has 3 aromatic rings. The smallest absolute Gasteiger partial charge is 0.338 e. The van der Waals surface area contributed by atoms with Crippen molar-refractivity contribution in [3.63, 3.8) is 0 Å². The van der Waals surface area contributed by atoms with Gasteiger partial charge in [-0.3, -0.25) is 4.79 Å². The maximum Gasteiger partial charge on any atom is 0.338 e. The van der Waals surface area contributed by atoms with Crippen molar-refractivity contribution in [1.29, 1.82) is 5.26 Å². The van der Waals surface area contributed by atoms with Gasteiger partial charge < -0.3 is 9.64 Å². The summed E-state index contributed by atoms with van der Waals surface area (Å²) in [7, 11) is 0. The van der Waals surface area contributed by atoms with Gasteiger partial charge in [-0.15, -0.1) is 0 Å². The number of carbonyl (C=O) groups excluding carboxylic acids is 2. The van der Waals surface area contributed by atoms with Gasteiger partial charge >= 0.3 is 5.97 Å². The molecule has 3 rings (SSSR count). The molecule has 1 heterocycles. The molecule has 0 bridgehead atoms. The van der Waals surface area contributed by atoms with Crippen LogP contribution in [-0.2, 0) is 9.53 Å². The van der Waals surface area contributed by atoms with Crippen molar-refractivity contribution < 1.29 is 14.3 Å². The number of nitrogens with zero attached hydrogens (tertiary/aromatic N) is 3. The molecule has 2 aromatic carbocycles. The number of hydrogen-bond donors (Lipinski definition) is 0. The third-order valence-corrected chi connectivity index (χ3v) is 5.05. The molecule has 6 nitrogen and oxygen atoms in total. The minimum absolute atomic E-state index is 0.140. The van der Waals surface area contributed by atoms with Gasteiger partial charge in [0.25, 0.3) is 5.91 Å². The van der Waals surface area contributed by atoms with Gasteiger partial charge in [0, 0.05) is 22.6 Å². The number of carbonyl (C=O) groups is 2. The number of pyridine rings is 1. The molecule has 1 aromatic heterocycles. The lowest BCUT2D eigenvalue weighted by molar-refractivity contribution is -0.121. The molecule has 152 valence electrons. The largest absolute Gasteiger partial charge is 0.452 e. The fraction of sp³-hybridized carbons (Fsp3) is 0.182. The van der Waals surface area contributed by atoms with E-state index in [9.17, 15) is 9.59 Å². The van der Waals surface area contributed by atoms with Crippen molar-refractivity contribution in [2.45, 2.75) is 13.3 Å². The molecule has 0 spiro atoms. The highest BCUT2D eigenvalue weighted by atomic mass is 35.5. The summed E-state index contributed by atoms with van der Waals surface area (Å²) in [5.74, 6) is -1.07. The molecule has 0 saturated heterocycles. The van der Waals surface area contributed by atoms with Crippen LogP contribution in [0.2, 0.25) is 10.2 Å². The van der Waals surface area contributed by atoms with E-state index in [4.69, 9.17) is 33.2 Å². The Morgan fingerprint density at radius 1 is 1.13 bits per heavy atom. The van der Waals surface area contributed by atoms with Crippen molar-refractivity contribution in [2.24, 2.45) is 0 Å². The fourth-order valence-electron chi connectivity index (χ4n) is 2.87. The van der Waals surface area contributed by atoms with Gasteiger partial charge in [0.05, 0.1) is 23.6 Å². The van der Waals surface area contributed by atoms with Gasteiger partial charge in [-0.2, -0.15) is 5.26 Å². The average molecular weight is 442 g/mol. The zero-order chi connectivity index (χ0) is 21.7. The lowest BCUT2D eigenvalue weighted by Gasteiger charge is -2.22. The van der Waals surface area contributed by atoms with Crippen molar-refractivity contribution in [2.75, 3.05) is 18.1 Å². The van der Waals surface area contributed by atoms with Crippen molar-refractivity contribution in [3.05, 3.63) is 69.8 Å². The van der Waals surface area contributed by atoms with E-state index in [0.29, 0.717) is 26.9 Å². The highest BCUT2D eigenvalue weighted by molar-refractivity contribution is 6.31. The number of aryl methyl sites for hydroxylation is 1. The summed E-state index contributed by atoms with van der Waals surface area (Å²) in [5, 5.41) is 10.6. The Labute approximate surface area is 183 Å². The van der Waals surface area contributed by atoms with Crippen molar-refractivity contribution in [3.8, 4) is 6.07 Å². The number of benzene rings is 2. The number of fused-ring (bicyclic) bond motifs is 1. The number of halogens is 2. The van der Waals surface area contributed by atoms with Crippen LogP contribution in [0.5, 0.6) is 0 Å². The Bertz CT molecular complexity index is 1160. The lowest BCUT2D eigenvalue weighted by Crippen LogP contribution is -2.35. The number of anilines is 1. The zero-order valence-corrected chi connectivity index (χ0v) is 17.6. The first kappa shape index (κ1) is 21.6. The normalized spacial score (nSPS) is 10.5. The minimum Gasteiger partial charge on any atom is -0.452 e. The van der Waals surface area contributed by atoms with E-state index in [1.807, 2.05) is 13.0 Å². The summed E-state index contributed by atoms with van der Waals surface area (Å²) in [6.07, 6.45) is 0.140. The second-order valence-corrected chi connectivity index (χ2v) is 7.30. The van der Waals surface area contributed by atoms with Crippen LogP contribution in [0.25, 0.3) is 10.9 Å². The minimum atomic E-state index is -0.632. The van der Waals surface area contributed by atoms with Crippen molar-refractivity contribution in [1.82, 2.24) is 4.98 Å². The van der Waals surface area contributed by atoms with Gasteiger partial charge in [0.1, 0.15) is 5.15 Å². The zero-order valence-electron chi connectivity index (χ0n) is 16.1. The molecule has 0 unspecified atom stereocenters. The standard InChI is InChI=1S/C22H17Cl2N3O3/c1-14-11-17(5-6-18(14)23)27(10-2-9-25)21(28)13-30-22(29)16-3-7-19-15(12-16)4-8-20(24)26-19/h3-8,11-12H,2,10,13H2,1H3. The summed E-state index contributed by atoms with van der Waals surface area (Å²) in [6.45, 7) is 1.54. The number of rotatable bonds is 6. The number of aromatic nitrogens is 1. The maximum atomic E-state index is 12.7. The maximum absolute atomic E-state index is 12.7. The monoisotopic (exact) mass is 441 g/mol. The topological polar surface area (TPSA) is 83.3 Å². The van der Waals surface area contributed by atoms with Gasteiger partial charge in [-0.1, -0.05) is 23.2 Å². The SMILES string of the molecule is Cc1cc(N(CCC#N)C(=O)COC(=O)c2ccc3nc(Cl)ccc3c2)ccc1Cl. The fourth-order valence-corrected chi connectivity index (χ4v) is 3.14. The summed E-state index contributed by atoms with van der Waals surface area (Å²) in [5.41, 5.74) is 2.33. The Morgan fingerprint density at radius 3 is 2.67 bits per heavy atom. The third-order valence-electron chi connectivity index (χ3n) is 4.42. The number of amides is 1. The Balaban J connectivity index is 1.72. The van der Waals surface area contributed by atoms with Crippen LogP contribution in [0.3, 0.4) is 0 Å². The highest BCUT2D eigenvalue weighted by Crippen LogP contribution is 2.23. The highest BCUT2D eigenvalue weighted by Gasteiger charge is 2.19. The molecule has 30 heavy (non-hydrogen) atoms. The molecule has 8 heteroatoms. The van der Waals surface area contributed by atoms with Crippen LogP contribution >= 0.6 is 23.2 Å². The van der Waals surface area contributed by atoms with E-state index >= 15 is 0 Å². The summed E-state index contributed by atoms with van der Waals surface area (Å²) in [6, 6.07) is 15.4.